The highest BCUT2D eigenvalue weighted by atomic mass is 16.5. The predicted octanol–water partition coefficient (Wildman–Crippen LogP) is 2.18. The fourth-order valence-electron chi connectivity index (χ4n) is 2.82. The highest BCUT2D eigenvalue weighted by Crippen LogP contribution is 2.20. The van der Waals surface area contributed by atoms with E-state index in [0.717, 1.165) is 5.56 Å². The van der Waals surface area contributed by atoms with Crippen LogP contribution in [0.15, 0.2) is 52.2 Å². The first-order chi connectivity index (χ1) is 12.7. The van der Waals surface area contributed by atoms with Gasteiger partial charge in [-0.3, -0.25) is 9.59 Å². The van der Waals surface area contributed by atoms with Crippen LogP contribution in [0.2, 0.25) is 0 Å². The van der Waals surface area contributed by atoms with Gasteiger partial charge >= 0.3 is 0 Å². The number of nitrogens with zero attached hydrogens (tertiary/aromatic N) is 2. The number of amides is 2. The lowest BCUT2D eigenvalue weighted by Crippen LogP contribution is -2.30. The van der Waals surface area contributed by atoms with Gasteiger partial charge in [-0.1, -0.05) is 12.1 Å². The molecule has 2 aromatic rings. The molecule has 26 heavy (non-hydrogen) atoms. The van der Waals surface area contributed by atoms with E-state index in [-0.39, 0.29) is 18.2 Å². The van der Waals surface area contributed by atoms with E-state index in [9.17, 15) is 9.59 Å². The van der Waals surface area contributed by atoms with Crippen LogP contribution in [-0.4, -0.2) is 36.1 Å². The lowest BCUT2D eigenvalue weighted by Gasteiger charge is -2.14. The van der Waals surface area contributed by atoms with E-state index >= 15 is 0 Å². The van der Waals surface area contributed by atoms with Crippen LogP contribution < -0.4 is 10.2 Å². The Hall–Kier alpha value is -3.09. The summed E-state index contributed by atoms with van der Waals surface area (Å²) in [7, 11) is 0. The zero-order valence-corrected chi connectivity index (χ0v) is 14.6. The molecule has 0 saturated carbocycles. The Morgan fingerprint density at radius 1 is 1.38 bits per heavy atom. The van der Waals surface area contributed by atoms with Crippen molar-refractivity contribution in [3.63, 3.8) is 0 Å². The third-order valence-electron chi connectivity index (χ3n) is 4.11. The average molecular weight is 355 g/mol. The molecule has 2 amide bonds. The van der Waals surface area contributed by atoms with Crippen LogP contribution in [-0.2, 0) is 16.1 Å². The summed E-state index contributed by atoms with van der Waals surface area (Å²) in [5, 5.41) is 4.00. The number of hydrazone groups is 1. The van der Waals surface area contributed by atoms with Gasteiger partial charge in [-0.2, -0.15) is 5.10 Å². The van der Waals surface area contributed by atoms with Crippen LogP contribution in [0.5, 0.6) is 5.75 Å². The predicted molar refractivity (Wildman–Crippen MR) is 95.6 cm³/mol. The summed E-state index contributed by atoms with van der Waals surface area (Å²) < 4.78 is 10.8. The lowest BCUT2D eigenvalue weighted by molar-refractivity contribution is -0.129. The van der Waals surface area contributed by atoms with Crippen LogP contribution in [0, 0.1) is 5.92 Å². The Balaban J connectivity index is 1.55. The molecule has 1 N–H and O–H groups in total. The molecule has 1 aliphatic heterocycles. The molecule has 1 unspecified atom stereocenters. The molecule has 1 atom stereocenters. The second-order valence-electron chi connectivity index (χ2n) is 5.96. The number of para-hydroxylation sites is 1. The van der Waals surface area contributed by atoms with Gasteiger partial charge in [-0.05, 0) is 31.2 Å². The highest BCUT2D eigenvalue weighted by Gasteiger charge is 2.34. The van der Waals surface area contributed by atoms with Crippen molar-refractivity contribution in [2.45, 2.75) is 19.9 Å². The number of hydrogen-bond donors (Lipinski definition) is 1. The number of carbonyl (C=O) groups is 2. The Morgan fingerprint density at radius 3 is 3.00 bits per heavy atom. The van der Waals surface area contributed by atoms with Crippen molar-refractivity contribution >= 4 is 18.0 Å². The number of hydrogen-bond acceptors (Lipinski definition) is 5. The maximum Gasteiger partial charge on any atom is 0.245 e. The minimum absolute atomic E-state index is 0.0628. The summed E-state index contributed by atoms with van der Waals surface area (Å²) in [5.74, 6) is 0.646. The number of furan rings is 1. The number of likely N-dealkylation sites (tertiary alicyclic amines) is 1. The maximum absolute atomic E-state index is 12.3. The van der Waals surface area contributed by atoms with Gasteiger partial charge in [0.25, 0.3) is 0 Å². The Morgan fingerprint density at radius 2 is 2.23 bits per heavy atom. The summed E-state index contributed by atoms with van der Waals surface area (Å²) >= 11 is 0. The largest absolute Gasteiger partial charge is 0.493 e. The first kappa shape index (κ1) is 17.7. The Bertz CT molecular complexity index is 786. The summed E-state index contributed by atoms with van der Waals surface area (Å²) in [4.78, 5) is 26.0. The fourth-order valence-corrected chi connectivity index (χ4v) is 2.82. The molecule has 0 bridgehead atoms. The molecule has 2 heterocycles. The topological polar surface area (TPSA) is 84.1 Å². The number of benzene rings is 1. The smallest absolute Gasteiger partial charge is 0.245 e. The molecule has 136 valence electrons. The van der Waals surface area contributed by atoms with Crippen molar-refractivity contribution in [1.29, 1.82) is 0 Å². The summed E-state index contributed by atoms with van der Waals surface area (Å²) in [6.45, 7) is 3.19. The van der Waals surface area contributed by atoms with Crippen LogP contribution in [0.1, 0.15) is 24.7 Å². The monoisotopic (exact) mass is 355 g/mol. The third kappa shape index (κ3) is 4.30. The minimum atomic E-state index is -0.420. The SMILES string of the molecule is CCOc1ccccc1/C=N/NC(=O)C1CC(=O)N(Cc2ccco2)C1. The molecule has 1 fully saturated rings. The highest BCUT2D eigenvalue weighted by molar-refractivity contribution is 5.90. The molecule has 0 aliphatic carbocycles. The zero-order valence-electron chi connectivity index (χ0n) is 14.6. The van der Waals surface area contributed by atoms with Gasteiger partial charge in [0.1, 0.15) is 11.5 Å². The van der Waals surface area contributed by atoms with Crippen molar-refractivity contribution in [3.8, 4) is 5.75 Å². The molecule has 1 aromatic heterocycles. The molecule has 0 spiro atoms. The molecule has 1 saturated heterocycles. The van der Waals surface area contributed by atoms with E-state index in [1.165, 1.54) is 0 Å². The van der Waals surface area contributed by atoms with Gasteiger partial charge < -0.3 is 14.1 Å². The minimum Gasteiger partial charge on any atom is -0.493 e. The maximum atomic E-state index is 12.3. The van der Waals surface area contributed by atoms with Gasteiger partial charge in [0.2, 0.25) is 11.8 Å². The number of ether oxygens (including phenoxy) is 1. The van der Waals surface area contributed by atoms with Gasteiger partial charge in [-0.25, -0.2) is 5.43 Å². The van der Waals surface area contributed by atoms with Crippen LogP contribution in [0.25, 0.3) is 0 Å². The lowest BCUT2D eigenvalue weighted by atomic mass is 10.1. The zero-order chi connectivity index (χ0) is 18.4. The van der Waals surface area contributed by atoms with Gasteiger partial charge in [0, 0.05) is 18.5 Å². The molecule has 3 rings (SSSR count). The van der Waals surface area contributed by atoms with Gasteiger partial charge in [0.05, 0.1) is 31.5 Å². The van der Waals surface area contributed by atoms with Crippen molar-refractivity contribution < 1.29 is 18.7 Å². The molecular weight excluding hydrogens is 334 g/mol. The molecule has 0 radical (unpaired) electrons. The molecule has 7 nitrogen and oxygen atoms in total. The van der Waals surface area contributed by atoms with Crippen LogP contribution in [0.4, 0.5) is 0 Å². The van der Waals surface area contributed by atoms with Gasteiger partial charge in [-0.15, -0.1) is 0 Å². The number of carbonyl (C=O) groups excluding carboxylic acids is 2. The van der Waals surface area contributed by atoms with Crippen molar-refractivity contribution in [2.75, 3.05) is 13.2 Å². The first-order valence-electron chi connectivity index (χ1n) is 8.52. The summed E-state index contributed by atoms with van der Waals surface area (Å²) in [6.07, 6.45) is 3.28. The molecule has 1 aromatic carbocycles. The average Bonchev–Trinajstić information content (AvgIpc) is 3.27. The van der Waals surface area contributed by atoms with Gasteiger partial charge in [0.15, 0.2) is 0 Å². The van der Waals surface area contributed by atoms with E-state index < -0.39 is 5.92 Å². The van der Waals surface area contributed by atoms with E-state index in [1.54, 1.807) is 29.5 Å². The second kappa shape index (κ2) is 8.33. The first-order valence-corrected chi connectivity index (χ1v) is 8.52. The van der Waals surface area contributed by atoms with E-state index in [0.29, 0.717) is 31.2 Å². The number of nitrogens with one attached hydrogen (secondary N) is 1. The molecule has 7 heteroatoms. The van der Waals surface area contributed by atoms with E-state index in [4.69, 9.17) is 9.15 Å². The van der Waals surface area contributed by atoms with Crippen LogP contribution >= 0.6 is 0 Å². The van der Waals surface area contributed by atoms with Crippen molar-refractivity contribution in [1.82, 2.24) is 10.3 Å². The van der Waals surface area contributed by atoms with Crippen molar-refractivity contribution in [2.24, 2.45) is 11.0 Å². The summed E-state index contributed by atoms with van der Waals surface area (Å²) in [6, 6.07) is 11.0. The normalized spacial score (nSPS) is 17.0. The number of rotatable bonds is 7. The van der Waals surface area contributed by atoms with E-state index in [2.05, 4.69) is 10.5 Å². The quantitative estimate of drug-likeness (QED) is 0.609. The standard InChI is InChI=1S/C19H21N3O4/c1-2-25-17-8-4-3-6-14(17)11-20-21-19(24)15-10-18(23)22(12-15)13-16-7-5-9-26-16/h3-9,11,15H,2,10,12-13H2,1H3,(H,21,24)/b20-11+. The molecular formula is C19H21N3O4. The second-order valence-corrected chi connectivity index (χ2v) is 5.96. The summed E-state index contributed by atoms with van der Waals surface area (Å²) in [5.41, 5.74) is 3.29. The molecule has 1 aliphatic rings. The van der Waals surface area contributed by atoms with Crippen LogP contribution in [0.3, 0.4) is 0 Å². The van der Waals surface area contributed by atoms with E-state index in [1.807, 2.05) is 31.2 Å². The third-order valence-corrected chi connectivity index (χ3v) is 4.11. The fraction of sp³-hybridized carbons (Fsp3) is 0.316. The van der Waals surface area contributed by atoms with Crippen molar-refractivity contribution in [3.05, 3.63) is 54.0 Å². The Kier molecular flexibility index (Phi) is 5.68. The Labute approximate surface area is 151 Å².